The normalized spacial score (nSPS) is 11.8. The average Bonchev–Trinajstić information content (AvgIpc) is 2.62. The Morgan fingerprint density at radius 3 is 2.41 bits per heavy atom. The van der Waals surface area contributed by atoms with Crippen molar-refractivity contribution >= 4 is 5.82 Å². The zero-order valence-corrected chi connectivity index (χ0v) is 8.35. The minimum Gasteiger partial charge on any atom is -0.384 e. The van der Waals surface area contributed by atoms with Crippen LogP contribution in [0.2, 0.25) is 0 Å². The number of aromatic amines is 1. The minimum absolute atomic E-state index is 0.0311. The number of anilines is 1. The van der Waals surface area contributed by atoms with Crippen molar-refractivity contribution in [3.63, 3.8) is 0 Å². The van der Waals surface area contributed by atoms with Crippen molar-refractivity contribution in [2.24, 2.45) is 0 Å². The number of nitrogen functional groups attached to an aromatic ring is 1. The van der Waals surface area contributed by atoms with Crippen LogP contribution >= 0.6 is 0 Å². The molecule has 0 unspecified atom stereocenters. The number of alkyl halides is 3. The lowest BCUT2D eigenvalue weighted by molar-refractivity contribution is -0.137. The van der Waals surface area contributed by atoms with Gasteiger partial charge in [0.2, 0.25) is 0 Å². The molecule has 1 heterocycles. The summed E-state index contributed by atoms with van der Waals surface area (Å²) < 4.78 is 50.5. The van der Waals surface area contributed by atoms with Crippen molar-refractivity contribution in [3.8, 4) is 11.1 Å². The summed E-state index contributed by atoms with van der Waals surface area (Å²) in [4.78, 5) is 0. The molecule has 0 spiro atoms. The first-order valence-electron chi connectivity index (χ1n) is 4.55. The van der Waals surface area contributed by atoms with Crippen LogP contribution < -0.4 is 5.73 Å². The zero-order valence-electron chi connectivity index (χ0n) is 8.35. The summed E-state index contributed by atoms with van der Waals surface area (Å²) in [5.74, 6) is -0.890. The molecular weight excluding hydrogens is 238 g/mol. The van der Waals surface area contributed by atoms with E-state index >= 15 is 0 Å². The topological polar surface area (TPSA) is 54.7 Å². The molecule has 0 aliphatic carbocycles. The van der Waals surface area contributed by atoms with Crippen molar-refractivity contribution in [2.75, 3.05) is 5.73 Å². The highest BCUT2D eigenvalue weighted by Gasteiger charge is 2.31. The average molecular weight is 245 g/mol. The summed E-state index contributed by atoms with van der Waals surface area (Å²) in [6, 6.07) is 2.22. The minimum atomic E-state index is -4.60. The van der Waals surface area contributed by atoms with Gasteiger partial charge in [-0.3, -0.25) is 5.10 Å². The molecule has 0 saturated heterocycles. The van der Waals surface area contributed by atoms with Gasteiger partial charge < -0.3 is 5.73 Å². The zero-order chi connectivity index (χ0) is 12.6. The molecule has 2 rings (SSSR count). The van der Waals surface area contributed by atoms with Gasteiger partial charge in [0.15, 0.2) is 0 Å². The van der Waals surface area contributed by atoms with Gasteiger partial charge in [-0.1, -0.05) is 0 Å². The number of rotatable bonds is 1. The van der Waals surface area contributed by atoms with Crippen LogP contribution in [-0.2, 0) is 6.18 Å². The third kappa shape index (κ3) is 2.22. The van der Waals surface area contributed by atoms with Gasteiger partial charge in [0.05, 0.1) is 11.8 Å². The molecule has 0 fully saturated rings. The fraction of sp³-hybridized carbons (Fsp3) is 0.100. The van der Waals surface area contributed by atoms with Crippen LogP contribution in [0.15, 0.2) is 24.4 Å². The predicted molar refractivity (Wildman–Crippen MR) is 53.4 cm³/mol. The Balaban J connectivity index is 2.57. The molecular formula is C10H7F4N3. The van der Waals surface area contributed by atoms with Gasteiger partial charge >= 0.3 is 6.18 Å². The van der Waals surface area contributed by atoms with E-state index in [9.17, 15) is 17.6 Å². The Hall–Kier alpha value is -2.05. The second kappa shape index (κ2) is 3.76. The van der Waals surface area contributed by atoms with Crippen LogP contribution in [0.25, 0.3) is 11.1 Å². The lowest BCUT2D eigenvalue weighted by Gasteiger charge is -2.08. The summed E-state index contributed by atoms with van der Waals surface area (Å²) in [6.07, 6.45) is -3.36. The van der Waals surface area contributed by atoms with Gasteiger partial charge in [-0.2, -0.15) is 18.3 Å². The van der Waals surface area contributed by atoms with Gasteiger partial charge in [-0.05, 0) is 23.8 Å². The monoisotopic (exact) mass is 245 g/mol. The van der Waals surface area contributed by atoms with Crippen molar-refractivity contribution in [1.29, 1.82) is 0 Å². The molecule has 7 heteroatoms. The van der Waals surface area contributed by atoms with E-state index in [-0.39, 0.29) is 16.9 Å². The molecule has 0 aliphatic rings. The quantitative estimate of drug-likeness (QED) is 0.759. The first-order valence-corrected chi connectivity index (χ1v) is 4.55. The summed E-state index contributed by atoms with van der Waals surface area (Å²) >= 11 is 0. The summed E-state index contributed by atoms with van der Waals surface area (Å²) in [7, 11) is 0. The summed E-state index contributed by atoms with van der Waals surface area (Å²) in [6.45, 7) is 0. The molecule has 0 atom stereocenters. The number of aromatic nitrogens is 2. The van der Waals surface area contributed by atoms with E-state index in [4.69, 9.17) is 5.73 Å². The molecule has 1 aromatic heterocycles. The van der Waals surface area contributed by atoms with Crippen molar-refractivity contribution < 1.29 is 17.6 Å². The second-order valence-electron chi connectivity index (χ2n) is 3.42. The van der Waals surface area contributed by atoms with E-state index in [0.717, 1.165) is 12.1 Å². The van der Waals surface area contributed by atoms with E-state index in [1.807, 2.05) is 0 Å². The van der Waals surface area contributed by atoms with Crippen LogP contribution in [0, 0.1) is 5.82 Å². The number of hydrogen-bond acceptors (Lipinski definition) is 2. The van der Waals surface area contributed by atoms with Crippen LogP contribution in [0.5, 0.6) is 0 Å². The van der Waals surface area contributed by atoms with Crippen LogP contribution in [0.3, 0.4) is 0 Å². The van der Waals surface area contributed by atoms with Crippen LogP contribution in [0.1, 0.15) is 5.56 Å². The lowest BCUT2D eigenvalue weighted by atomic mass is 10.0. The summed E-state index contributed by atoms with van der Waals surface area (Å²) in [5.41, 5.74) is 4.66. The Kier molecular flexibility index (Phi) is 2.53. The summed E-state index contributed by atoms with van der Waals surface area (Å²) in [5, 5.41) is 5.93. The number of nitrogens with zero attached hydrogens (tertiary/aromatic N) is 1. The van der Waals surface area contributed by atoms with Crippen molar-refractivity contribution in [1.82, 2.24) is 10.2 Å². The molecule has 0 radical (unpaired) electrons. The van der Waals surface area contributed by atoms with Crippen molar-refractivity contribution in [2.45, 2.75) is 6.18 Å². The molecule has 1 aromatic carbocycles. The van der Waals surface area contributed by atoms with Gasteiger partial charge in [-0.25, -0.2) is 4.39 Å². The van der Waals surface area contributed by atoms with E-state index < -0.39 is 17.6 Å². The number of halogens is 4. The van der Waals surface area contributed by atoms with E-state index in [1.54, 1.807) is 0 Å². The van der Waals surface area contributed by atoms with Gasteiger partial charge in [0.25, 0.3) is 0 Å². The Morgan fingerprint density at radius 2 is 1.88 bits per heavy atom. The predicted octanol–water partition coefficient (Wildman–Crippen LogP) is 2.82. The van der Waals surface area contributed by atoms with Gasteiger partial charge in [0, 0.05) is 5.56 Å². The number of nitrogens with two attached hydrogens (primary N) is 1. The standard InChI is InChI=1S/C10H7F4N3/c11-7-2-5(8-4-16-17-9(8)15)1-6(3-7)10(12,13)14/h1-4H,(H3,15,16,17). The van der Waals surface area contributed by atoms with E-state index in [0.29, 0.717) is 6.07 Å². The highest BCUT2D eigenvalue weighted by Crippen LogP contribution is 2.34. The molecule has 0 amide bonds. The van der Waals surface area contributed by atoms with Crippen LogP contribution in [-0.4, -0.2) is 10.2 Å². The van der Waals surface area contributed by atoms with Gasteiger partial charge in [0.1, 0.15) is 11.6 Å². The van der Waals surface area contributed by atoms with Gasteiger partial charge in [-0.15, -0.1) is 0 Å². The Labute approximate surface area is 93.3 Å². The number of H-pyrrole nitrogens is 1. The van der Waals surface area contributed by atoms with E-state index in [2.05, 4.69) is 10.2 Å². The largest absolute Gasteiger partial charge is 0.416 e. The highest BCUT2D eigenvalue weighted by molar-refractivity contribution is 5.73. The SMILES string of the molecule is Nc1[nH]ncc1-c1cc(F)cc(C(F)(F)F)c1. The highest BCUT2D eigenvalue weighted by atomic mass is 19.4. The van der Waals surface area contributed by atoms with Crippen molar-refractivity contribution in [3.05, 3.63) is 35.8 Å². The maximum absolute atomic E-state index is 13.1. The second-order valence-corrected chi connectivity index (χ2v) is 3.42. The first kappa shape index (κ1) is 11.4. The molecule has 0 bridgehead atoms. The number of benzene rings is 1. The third-order valence-electron chi connectivity index (χ3n) is 2.20. The Bertz CT molecular complexity index is 545. The maximum Gasteiger partial charge on any atom is 0.416 e. The fourth-order valence-corrected chi connectivity index (χ4v) is 1.43. The molecule has 3 nitrogen and oxygen atoms in total. The number of nitrogens with one attached hydrogen (secondary N) is 1. The molecule has 0 aliphatic heterocycles. The number of hydrogen-bond donors (Lipinski definition) is 2. The third-order valence-corrected chi connectivity index (χ3v) is 2.20. The maximum atomic E-state index is 13.1. The molecule has 17 heavy (non-hydrogen) atoms. The molecule has 90 valence electrons. The van der Waals surface area contributed by atoms with E-state index in [1.165, 1.54) is 6.20 Å². The molecule has 0 saturated carbocycles. The smallest absolute Gasteiger partial charge is 0.384 e. The molecule has 2 aromatic rings. The molecule has 3 N–H and O–H groups in total. The Morgan fingerprint density at radius 1 is 1.18 bits per heavy atom. The lowest BCUT2D eigenvalue weighted by Crippen LogP contribution is -2.05. The first-order chi connectivity index (χ1) is 7.88. The van der Waals surface area contributed by atoms with Crippen LogP contribution in [0.4, 0.5) is 23.4 Å². The fourth-order valence-electron chi connectivity index (χ4n) is 1.43.